The van der Waals surface area contributed by atoms with Crippen molar-refractivity contribution in [2.75, 3.05) is 20.8 Å². The van der Waals surface area contributed by atoms with Crippen LogP contribution in [0.25, 0.3) is 0 Å². The van der Waals surface area contributed by atoms with Crippen LogP contribution in [-0.4, -0.2) is 26.9 Å². The van der Waals surface area contributed by atoms with Gasteiger partial charge in [-0.15, -0.1) is 0 Å². The van der Waals surface area contributed by atoms with Gasteiger partial charge in [0, 0.05) is 24.8 Å². The van der Waals surface area contributed by atoms with E-state index in [-0.39, 0.29) is 17.9 Å². The number of ether oxygens (including phenoxy) is 2. The van der Waals surface area contributed by atoms with Crippen LogP contribution in [0.3, 0.4) is 0 Å². The van der Waals surface area contributed by atoms with Crippen LogP contribution in [0.15, 0.2) is 18.2 Å². The summed E-state index contributed by atoms with van der Waals surface area (Å²) >= 11 is 0. The fourth-order valence-electron chi connectivity index (χ4n) is 1.92. The molecule has 0 aliphatic rings. The van der Waals surface area contributed by atoms with Gasteiger partial charge in [-0.25, -0.2) is 4.39 Å². The molecule has 1 N–H and O–H groups in total. The Morgan fingerprint density at radius 2 is 2.00 bits per heavy atom. The summed E-state index contributed by atoms with van der Waals surface area (Å²) < 4.78 is 24.0. The van der Waals surface area contributed by atoms with Gasteiger partial charge < -0.3 is 14.8 Å². The third kappa shape index (κ3) is 3.68. The molecule has 0 radical (unpaired) electrons. The third-order valence-electron chi connectivity index (χ3n) is 2.62. The van der Waals surface area contributed by atoms with Crippen LogP contribution in [-0.2, 0) is 4.74 Å². The molecule has 3 nitrogen and oxygen atoms in total. The highest BCUT2D eigenvalue weighted by atomic mass is 19.1. The fourth-order valence-corrected chi connectivity index (χ4v) is 1.92. The van der Waals surface area contributed by atoms with Crippen molar-refractivity contribution in [2.45, 2.75) is 25.9 Å². The Morgan fingerprint density at radius 1 is 1.29 bits per heavy atom. The lowest BCUT2D eigenvalue weighted by Crippen LogP contribution is -2.33. The first-order chi connectivity index (χ1) is 8.10. The average Bonchev–Trinajstić information content (AvgIpc) is 2.28. The lowest BCUT2D eigenvalue weighted by molar-refractivity contribution is 0.167. The number of halogens is 1. The second-order valence-electron chi connectivity index (χ2n) is 4.10. The highest BCUT2D eigenvalue weighted by Crippen LogP contribution is 2.27. The first kappa shape index (κ1) is 13.9. The standard InChI is InChI=1S/C13H20FNO2/c1-9(8-16-3)15-10(2)13-11(14)6-5-7-12(13)17-4/h5-7,9-10,15H,8H2,1-4H3. The van der Waals surface area contributed by atoms with E-state index in [0.717, 1.165) is 0 Å². The lowest BCUT2D eigenvalue weighted by Gasteiger charge is -2.21. The van der Waals surface area contributed by atoms with E-state index in [0.29, 0.717) is 17.9 Å². The Labute approximate surface area is 102 Å². The van der Waals surface area contributed by atoms with Crippen molar-refractivity contribution >= 4 is 0 Å². The first-order valence-electron chi connectivity index (χ1n) is 5.67. The van der Waals surface area contributed by atoms with E-state index in [1.165, 1.54) is 6.07 Å². The van der Waals surface area contributed by atoms with Crippen LogP contribution in [0.1, 0.15) is 25.5 Å². The smallest absolute Gasteiger partial charge is 0.131 e. The molecular weight excluding hydrogens is 221 g/mol. The average molecular weight is 241 g/mol. The number of nitrogens with one attached hydrogen (secondary N) is 1. The number of hydrogen-bond donors (Lipinski definition) is 1. The molecule has 1 rings (SSSR count). The van der Waals surface area contributed by atoms with E-state index < -0.39 is 0 Å². The van der Waals surface area contributed by atoms with Crippen molar-refractivity contribution in [1.82, 2.24) is 5.32 Å². The van der Waals surface area contributed by atoms with E-state index >= 15 is 0 Å². The quantitative estimate of drug-likeness (QED) is 0.830. The van der Waals surface area contributed by atoms with Crippen LogP contribution in [0, 0.1) is 5.82 Å². The van der Waals surface area contributed by atoms with Gasteiger partial charge in [0.2, 0.25) is 0 Å². The second kappa shape index (κ2) is 6.57. The minimum Gasteiger partial charge on any atom is -0.496 e. The zero-order valence-corrected chi connectivity index (χ0v) is 10.8. The lowest BCUT2D eigenvalue weighted by atomic mass is 10.1. The largest absolute Gasteiger partial charge is 0.496 e. The molecule has 17 heavy (non-hydrogen) atoms. The summed E-state index contributed by atoms with van der Waals surface area (Å²) in [5, 5.41) is 3.27. The summed E-state index contributed by atoms with van der Waals surface area (Å²) in [5.74, 6) is 0.309. The number of rotatable bonds is 6. The van der Waals surface area contributed by atoms with Crippen LogP contribution >= 0.6 is 0 Å². The molecule has 0 saturated heterocycles. The molecule has 96 valence electrons. The Kier molecular flexibility index (Phi) is 5.38. The molecule has 2 unspecified atom stereocenters. The van der Waals surface area contributed by atoms with E-state index in [1.54, 1.807) is 26.4 Å². The fraction of sp³-hybridized carbons (Fsp3) is 0.538. The topological polar surface area (TPSA) is 30.5 Å². The van der Waals surface area contributed by atoms with Gasteiger partial charge in [0.1, 0.15) is 11.6 Å². The van der Waals surface area contributed by atoms with Gasteiger partial charge in [-0.3, -0.25) is 0 Å². The van der Waals surface area contributed by atoms with Gasteiger partial charge in [0.05, 0.1) is 13.7 Å². The Hall–Kier alpha value is -1.13. The maximum atomic E-state index is 13.8. The SMILES string of the molecule is COCC(C)NC(C)c1c(F)cccc1OC. The molecular formula is C13H20FNO2. The van der Waals surface area contributed by atoms with Gasteiger partial charge in [-0.2, -0.15) is 0 Å². The number of methoxy groups -OCH3 is 2. The van der Waals surface area contributed by atoms with Crippen molar-refractivity contribution in [3.63, 3.8) is 0 Å². The molecule has 0 spiro atoms. The molecule has 0 saturated carbocycles. The van der Waals surface area contributed by atoms with E-state index in [9.17, 15) is 4.39 Å². The van der Waals surface area contributed by atoms with E-state index in [4.69, 9.17) is 9.47 Å². The van der Waals surface area contributed by atoms with Crippen molar-refractivity contribution in [3.8, 4) is 5.75 Å². The minimum atomic E-state index is -0.256. The summed E-state index contributed by atoms with van der Waals surface area (Å²) in [6.45, 7) is 4.49. The van der Waals surface area contributed by atoms with Crippen LogP contribution in [0.4, 0.5) is 4.39 Å². The molecule has 0 heterocycles. The predicted octanol–water partition coefficient (Wildman–Crippen LogP) is 2.52. The molecule has 0 aliphatic heterocycles. The predicted molar refractivity (Wildman–Crippen MR) is 65.8 cm³/mol. The second-order valence-corrected chi connectivity index (χ2v) is 4.10. The van der Waals surface area contributed by atoms with Gasteiger partial charge in [-0.05, 0) is 26.0 Å². The molecule has 1 aromatic carbocycles. The highest BCUT2D eigenvalue weighted by Gasteiger charge is 2.17. The van der Waals surface area contributed by atoms with Crippen LogP contribution in [0.2, 0.25) is 0 Å². The van der Waals surface area contributed by atoms with E-state index in [2.05, 4.69) is 5.32 Å². The zero-order valence-electron chi connectivity index (χ0n) is 10.8. The summed E-state index contributed by atoms with van der Waals surface area (Å²) in [6, 6.07) is 4.87. The van der Waals surface area contributed by atoms with E-state index in [1.807, 2.05) is 13.8 Å². The van der Waals surface area contributed by atoms with Gasteiger partial charge >= 0.3 is 0 Å². The van der Waals surface area contributed by atoms with Gasteiger partial charge in [0.15, 0.2) is 0 Å². The van der Waals surface area contributed by atoms with Crippen LogP contribution in [0.5, 0.6) is 5.75 Å². The molecule has 0 bridgehead atoms. The minimum absolute atomic E-state index is 0.128. The summed E-state index contributed by atoms with van der Waals surface area (Å²) in [5.41, 5.74) is 0.554. The van der Waals surface area contributed by atoms with Crippen LogP contribution < -0.4 is 10.1 Å². The first-order valence-corrected chi connectivity index (χ1v) is 5.67. The van der Waals surface area contributed by atoms with Crippen molar-refractivity contribution in [2.24, 2.45) is 0 Å². The third-order valence-corrected chi connectivity index (χ3v) is 2.62. The van der Waals surface area contributed by atoms with Crippen molar-refractivity contribution in [1.29, 1.82) is 0 Å². The molecule has 2 atom stereocenters. The summed E-state index contributed by atoms with van der Waals surface area (Å²) in [7, 11) is 3.19. The summed E-state index contributed by atoms with van der Waals surface area (Å²) in [4.78, 5) is 0. The molecule has 0 fully saturated rings. The number of benzene rings is 1. The molecule has 0 amide bonds. The Morgan fingerprint density at radius 3 is 2.59 bits per heavy atom. The molecule has 0 aromatic heterocycles. The molecule has 4 heteroatoms. The normalized spacial score (nSPS) is 14.4. The van der Waals surface area contributed by atoms with Crippen molar-refractivity contribution in [3.05, 3.63) is 29.6 Å². The molecule has 0 aliphatic carbocycles. The number of hydrogen-bond acceptors (Lipinski definition) is 3. The molecule has 1 aromatic rings. The highest BCUT2D eigenvalue weighted by molar-refractivity contribution is 5.36. The maximum absolute atomic E-state index is 13.8. The van der Waals surface area contributed by atoms with Gasteiger partial charge in [-0.1, -0.05) is 6.07 Å². The zero-order chi connectivity index (χ0) is 12.8. The van der Waals surface area contributed by atoms with Crippen molar-refractivity contribution < 1.29 is 13.9 Å². The maximum Gasteiger partial charge on any atom is 0.131 e. The van der Waals surface area contributed by atoms with Gasteiger partial charge in [0.25, 0.3) is 0 Å². The Balaban J connectivity index is 2.84. The summed E-state index contributed by atoms with van der Waals surface area (Å²) in [6.07, 6.45) is 0. The Bertz CT molecular complexity index is 357. The monoisotopic (exact) mass is 241 g/mol.